The fourth-order valence-electron chi connectivity index (χ4n) is 1.38. The molecule has 0 saturated heterocycles. The molecule has 0 radical (unpaired) electrons. The molecule has 0 aromatic carbocycles. The Morgan fingerprint density at radius 2 is 2.14 bits per heavy atom. The molecule has 0 fully saturated rings. The van der Waals surface area contributed by atoms with Gasteiger partial charge in [0.15, 0.2) is 0 Å². The van der Waals surface area contributed by atoms with Crippen molar-refractivity contribution in [3.8, 4) is 0 Å². The van der Waals surface area contributed by atoms with Crippen LogP contribution < -0.4 is 0 Å². The van der Waals surface area contributed by atoms with E-state index >= 15 is 0 Å². The van der Waals surface area contributed by atoms with Crippen LogP contribution in [0.25, 0.3) is 0 Å². The summed E-state index contributed by atoms with van der Waals surface area (Å²) in [5.41, 5.74) is 0.284. The summed E-state index contributed by atoms with van der Waals surface area (Å²) in [5, 5.41) is 17.6. The maximum atomic E-state index is 10.8. The molecule has 76 valence electrons. The molecule has 1 unspecified atom stereocenters. The third-order valence-electron chi connectivity index (χ3n) is 2.07. The smallest absolute Gasteiger partial charge is 0.352 e. The van der Waals surface area contributed by atoms with Gasteiger partial charge in [0.1, 0.15) is 5.69 Å². The lowest BCUT2D eigenvalue weighted by molar-refractivity contribution is -0.138. The number of aliphatic carboxylic acids is 1. The molecule has 1 aromatic heterocycles. The van der Waals surface area contributed by atoms with Crippen molar-refractivity contribution < 1.29 is 19.8 Å². The van der Waals surface area contributed by atoms with Crippen LogP contribution in [0.2, 0.25) is 0 Å². The summed E-state index contributed by atoms with van der Waals surface area (Å²) in [4.78, 5) is 24.0. The van der Waals surface area contributed by atoms with Crippen LogP contribution in [0, 0.1) is 0 Å². The number of aromatic nitrogens is 1. The molecule has 1 heterocycles. The molecular weight excluding hydrogens is 186 g/mol. The second kappa shape index (κ2) is 3.95. The Morgan fingerprint density at radius 3 is 2.57 bits per heavy atom. The van der Waals surface area contributed by atoms with Crippen molar-refractivity contribution in [2.75, 3.05) is 0 Å². The minimum atomic E-state index is -1.13. The van der Waals surface area contributed by atoms with Gasteiger partial charge in [0.25, 0.3) is 0 Å². The van der Waals surface area contributed by atoms with E-state index in [-0.39, 0.29) is 5.69 Å². The highest BCUT2D eigenvalue weighted by Gasteiger charge is 2.24. The fraction of sp³-hybridized carbons (Fsp3) is 0.333. The number of carboxylic acid groups (broad SMARTS) is 2. The predicted molar refractivity (Wildman–Crippen MR) is 48.4 cm³/mol. The minimum Gasteiger partial charge on any atom is -0.481 e. The molecule has 5 heteroatoms. The molecule has 0 aliphatic heterocycles. The van der Waals surface area contributed by atoms with E-state index in [0.29, 0.717) is 12.0 Å². The average molecular weight is 197 g/mol. The normalized spacial score (nSPS) is 12.4. The Bertz CT molecular complexity index is 355. The van der Waals surface area contributed by atoms with Gasteiger partial charge in [0.05, 0.1) is 5.92 Å². The topological polar surface area (TPSA) is 90.4 Å². The van der Waals surface area contributed by atoms with Crippen molar-refractivity contribution in [2.45, 2.75) is 19.3 Å². The standard InChI is InChI=1S/C9H11NO4/c1-2-5(8(11)12)6-3-4-10-7(6)9(13)14/h3-5,10H,2H2,1H3,(H,11,12)(H,13,14). The maximum Gasteiger partial charge on any atom is 0.352 e. The zero-order chi connectivity index (χ0) is 10.7. The van der Waals surface area contributed by atoms with E-state index in [1.807, 2.05) is 0 Å². The van der Waals surface area contributed by atoms with E-state index in [0.717, 1.165) is 0 Å². The summed E-state index contributed by atoms with van der Waals surface area (Å²) < 4.78 is 0. The molecule has 0 saturated carbocycles. The molecule has 1 atom stereocenters. The van der Waals surface area contributed by atoms with Crippen molar-refractivity contribution >= 4 is 11.9 Å². The van der Waals surface area contributed by atoms with Crippen LogP contribution in [0.5, 0.6) is 0 Å². The number of hydrogen-bond donors (Lipinski definition) is 3. The molecule has 0 bridgehead atoms. The van der Waals surface area contributed by atoms with Gasteiger partial charge in [-0.05, 0) is 18.1 Å². The van der Waals surface area contributed by atoms with Gasteiger partial charge in [-0.1, -0.05) is 6.92 Å². The Balaban J connectivity index is 3.10. The molecule has 14 heavy (non-hydrogen) atoms. The summed E-state index contributed by atoms with van der Waals surface area (Å²) in [6.07, 6.45) is 1.80. The lowest BCUT2D eigenvalue weighted by atomic mass is 9.97. The maximum absolute atomic E-state index is 10.8. The molecule has 0 spiro atoms. The SMILES string of the molecule is CCC(C(=O)O)c1cc[nH]c1C(=O)O. The van der Waals surface area contributed by atoms with Gasteiger partial charge in [-0.25, -0.2) is 4.79 Å². The van der Waals surface area contributed by atoms with E-state index in [4.69, 9.17) is 10.2 Å². The van der Waals surface area contributed by atoms with E-state index in [1.165, 1.54) is 12.3 Å². The van der Waals surface area contributed by atoms with Crippen molar-refractivity contribution in [3.05, 3.63) is 23.5 Å². The molecule has 0 aliphatic rings. The summed E-state index contributed by atoms with van der Waals surface area (Å²) in [7, 11) is 0. The highest BCUT2D eigenvalue weighted by atomic mass is 16.4. The van der Waals surface area contributed by atoms with Gasteiger partial charge < -0.3 is 15.2 Å². The van der Waals surface area contributed by atoms with Gasteiger partial charge in [-0.3, -0.25) is 4.79 Å². The van der Waals surface area contributed by atoms with E-state index in [1.54, 1.807) is 6.92 Å². The minimum absolute atomic E-state index is 0.0424. The molecule has 1 aromatic rings. The first kappa shape index (κ1) is 10.3. The van der Waals surface area contributed by atoms with E-state index < -0.39 is 17.9 Å². The van der Waals surface area contributed by atoms with Crippen molar-refractivity contribution in [3.63, 3.8) is 0 Å². The van der Waals surface area contributed by atoms with Crippen LogP contribution in [0.1, 0.15) is 35.3 Å². The second-order valence-corrected chi connectivity index (χ2v) is 2.91. The number of H-pyrrole nitrogens is 1. The number of hydrogen-bond acceptors (Lipinski definition) is 2. The highest BCUT2D eigenvalue weighted by molar-refractivity contribution is 5.90. The molecule has 1 rings (SSSR count). The number of rotatable bonds is 4. The number of carboxylic acids is 2. The Hall–Kier alpha value is -1.78. The van der Waals surface area contributed by atoms with Crippen LogP contribution in [0.15, 0.2) is 12.3 Å². The number of aromatic amines is 1. The van der Waals surface area contributed by atoms with Crippen LogP contribution in [0.3, 0.4) is 0 Å². The van der Waals surface area contributed by atoms with Crippen molar-refractivity contribution in [1.29, 1.82) is 0 Å². The van der Waals surface area contributed by atoms with E-state index in [9.17, 15) is 9.59 Å². The first-order valence-corrected chi connectivity index (χ1v) is 4.21. The van der Waals surface area contributed by atoms with Crippen molar-refractivity contribution in [1.82, 2.24) is 4.98 Å². The predicted octanol–water partition coefficient (Wildman–Crippen LogP) is 1.29. The molecule has 0 aliphatic carbocycles. The summed E-state index contributed by atoms with van der Waals surface area (Å²) in [5.74, 6) is -2.90. The number of carbonyl (C=O) groups is 2. The van der Waals surface area contributed by atoms with Gasteiger partial charge >= 0.3 is 11.9 Å². The molecular formula is C9H11NO4. The molecule has 5 nitrogen and oxygen atoms in total. The van der Waals surface area contributed by atoms with Crippen LogP contribution in [0.4, 0.5) is 0 Å². The van der Waals surface area contributed by atoms with Crippen molar-refractivity contribution in [2.24, 2.45) is 0 Å². The summed E-state index contributed by atoms with van der Waals surface area (Å²) in [6, 6.07) is 1.49. The lowest BCUT2D eigenvalue weighted by Gasteiger charge is -2.08. The Morgan fingerprint density at radius 1 is 1.50 bits per heavy atom. The first-order chi connectivity index (χ1) is 6.57. The van der Waals surface area contributed by atoms with Crippen LogP contribution >= 0.6 is 0 Å². The van der Waals surface area contributed by atoms with Gasteiger partial charge in [-0.2, -0.15) is 0 Å². The Kier molecular flexibility index (Phi) is 2.91. The number of nitrogens with one attached hydrogen (secondary N) is 1. The zero-order valence-electron chi connectivity index (χ0n) is 7.65. The monoisotopic (exact) mass is 197 g/mol. The van der Waals surface area contributed by atoms with Crippen LogP contribution in [-0.2, 0) is 4.79 Å². The Labute approximate surface area is 80.4 Å². The van der Waals surface area contributed by atoms with Gasteiger partial charge in [-0.15, -0.1) is 0 Å². The summed E-state index contributed by atoms with van der Waals surface area (Å²) >= 11 is 0. The zero-order valence-corrected chi connectivity index (χ0v) is 7.65. The largest absolute Gasteiger partial charge is 0.481 e. The van der Waals surface area contributed by atoms with E-state index in [2.05, 4.69) is 4.98 Å². The van der Waals surface area contributed by atoms with Gasteiger partial charge in [0, 0.05) is 6.20 Å². The third-order valence-corrected chi connectivity index (χ3v) is 2.07. The van der Waals surface area contributed by atoms with Crippen LogP contribution in [-0.4, -0.2) is 27.1 Å². The second-order valence-electron chi connectivity index (χ2n) is 2.91. The number of aromatic carboxylic acids is 1. The quantitative estimate of drug-likeness (QED) is 0.678. The lowest BCUT2D eigenvalue weighted by Crippen LogP contribution is -2.13. The average Bonchev–Trinajstić information content (AvgIpc) is 2.53. The van der Waals surface area contributed by atoms with Gasteiger partial charge in [0.2, 0.25) is 0 Å². The summed E-state index contributed by atoms with van der Waals surface area (Å²) in [6.45, 7) is 1.71. The highest BCUT2D eigenvalue weighted by Crippen LogP contribution is 2.22. The first-order valence-electron chi connectivity index (χ1n) is 4.21. The third kappa shape index (κ3) is 1.76. The fourth-order valence-corrected chi connectivity index (χ4v) is 1.38. The molecule has 3 N–H and O–H groups in total. The molecule has 0 amide bonds.